The van der Waals surface area contributed by atoms with Crippen molar-refractivity contribution >= 4 is 9.28 Å². The van der Waals surface area contributed by atoms with Gasteiger partial charge in [0, 0.05) is 18.9 Å². The highest BCUT2D eigenvalue weighted by Gasteiger charge is 2.31. The van der Waals surface area contributed by atoms with Crippen LogP contribution < -0.4 is 5.73 Å². The van der Waals surface area contributed by atoms with Crippen LogP contribution in [0.4, 0.5) is 0 Å². The third kappa shape index (κ3) is 5.51. The standard InChI is InChI=1S/C13H29NO2Si/c1-3-10-15-17(16-11-4-2)13(14)12-8-6-5-7-9-12/h12-13,17H,3-11,14H2,1-2H3. The first-order valence-corrected chi connectivity index (χ1v) is 8.89. The van der Waals surface area contributed by atoms with Crippen LogP contribution in [0, 0.1) is 5.92 Å². The molecule has 0 saturated heterocycles. The van der Waals surface area contributed by atoms with E-state index in [1.54, 1.807) is 0 Å². The predicted molar refractivity (Wildman–Crippen MR) is 74.2 cm³/mol. The van der Waals surface area contributed by atoms with Gasteiger partial charge in [-0.3, -0.25) is 0 Å². The summed E-state index contributed by atoms with van der Waals surface area (Å²) in [4.78, 5) is 0. The van der Waals surface area contributed by atoms with Crippen LogP contribution in [0.2, 0.25) is 0 Å². The predicted octanol–water partition coefficient (Wildman–Crippen LogP) is 2.51. The Labute approximate surface area is 108 Å². The Morgan fingerprint density at radius 3 is 2.06 bits per heavy atom. The van der Waals surface area contributed by atoms with E-state index in [0.717, 1.165) is 26.1 Å². The van der Waals surface area contributed by atoms with Gasteiger partial charge in [-0.05, 0) is 31.6 Å². The largest absolute Gasteiger partial charge is 0.396 e. The lowest BCUT2D eigenvalue weighted by Crippen LogP contribution is -2.49. The first-order chi connectivity index (χ1) is 8.29. The Kier molecular flexibility index (Phi) is 8.10. The summed E-state index contributed by atoms with van der Waals surface area (Å²) in [5.74, 6) is 0.647. The van der Waals surface area contributed by atoms with Crippen LogP contribution in [-0.4, -0.2) is 28.2 Å². The minimum atomic E-state index is -1.66. The van der Waals surface area contributed by atoms with E-state index in [2.05, 4.69) is 13.8 Å². The number of nitrogens with two attached hydrogens (primary N) is 1. The molecule has 17 heavy (non-hydrogen) atoms. The highest BCUT2D eigenvalue weighted by molar-refractivity contribution is 6.46. The van der Waals surface area contributed by atoms with E-state index in [1.165, 1.54) is 32.1 Å². The van der Waals surface area contributed by atoms with Gasteiger partial charge in [0.2, 0.25) is 0 Å². The zero-order valence-electron chi connectivity index (χ0n) is 11.5. The summed E-state index contributed by atoms with van der Waals surface area (Å²) in [7, 11) is -1.66. The van der Waals surface area contributed by atoms with Crippen LogP contribution >= 0.6 is 0 Å². The molecule has 1 aliphatic rings. The van der Waals surface area contributed by atoms with Crippen molar-refractivity contribution in [2.45, 2.75) is 64.5 Å². The van der Waals surface area contributed by atoms with Crippen LogP contribution in [0.3, 0.4) is 0 Å². The van der Waals surface area contributed by atoms with E-state index < -0.39 is 9.28 Å². The fourth-order valence-electron chi connectivity index (χ4n) is 2.48. The molecule has 3 nitrogen and oxygen atoms in total. The zero-order chi connectivity index (χ0) is 12.5. The molecule has 0 heterocycles. The van der Waals surface area contributed by atoms with Crippen molar-refractivity contribution in [1.29, 1.82) is 0 Å². The van der Waals surface area contributed by atoms with Gasteiger partial charge in [0.25, 0.3) is 0 Å². The highest BCUT2D eigenvalue weighted by atomic mass is 28.3. The molecule has 1 saturated carbocycles. The molecule has 2 N–H and O–H groups in total. The summed E-state index contributed by atoms with van der Waals surface area (Å²) in [6, 6.07) is 0. The maximum atomic E-state index is 6.39. The van der Waals surface area contributed by atoms with Gasteiger partial charge < -0.3 is 14.6 Å². The van der Waals surface area contributed by atoms with E-state index in [4.69, 9.17) is 14.6 Å². The fourth-order valence-corrected chi connectivity index (χ4v) is 4.79. The van der Waals surface area contributed by atoms with Crippen LogP contribution in [0.1, 0.15) is 58.8 Å². The topological polar surface area (TPSA) is 44.5 Å². The molecule has 1 fully saturated rings. The summed E-state index contributed by atoms with van der Waals surface area (Å²) >= 11 is 0. The quantitative estimate of drug-likeness (QED) is 0.681. The maximum absolute atomic E-state index is 6.39. The Morgan fingerprint density at radius 1 is 1.06 bits per heavy atom. The third-order valence-corrected chi connectivity index (χ3v) is 5.78. The first kappa shape index (κ1) is 15.2. The molecular weight excluding hydrogens is 230 g/mol. The van der Waals surface area contributed by atoms with Crippen molar-refractivity contribution < 1.29 is 8.85 Å². The molecule has 0 aromatic carbocycles. The summed E-state index contributed by atoms with van der Waals surface area (Å²) in [6.45, 7) is 5.89. The van der Waals surface area contributed by atoms with Gasteiger partial charge in [0.15, 0.2) is 0 Å². The van der Waals surface area contributed by atoms with Gasteiger partial charge in [-0.25, -0.2) is 0 Å². The summed E-state index contributed by atoms with van der Waals surface area (Å²) in [6.07, 6.45) is 8.70. The van der Waals surface area contributed by atoms with E-state index in [-0.39, 0.29) is 5.67 Å². The number of hydrogen-bond donors (Lipinski definition) is 1. The zero-order valence-corrected chi connectivity index (χ0v) is 12.6. The molecule has 0 amide bonds. The minimum Gasteiger partial charge on any atom is -0.396 e. The molecule has 0 bridgehead atoms. The molecule has 0 aliphatic heterocycles. The fraction of sp³-hybridized carbons (Fsp3) is 1.00. The van der Waals surface area contributed by atoms with Crippen LogP contribution in [0.5, 0.6) is 0 Å². The molecular formula is C13H29NO2Si. The Balaban J connectivity index is 2.41. The van der Waals surface area contributed by atoms with E-state index in [0.29, 0.717) is 5.92 Å². The number of hydrogen-bond acceptors (Lipinski definition) is 3. The summed E-state index contributed by atoms with van der Waals surface area (Å²) in [5, 5.41) is 0. The molecule has 4 heteroatoms. The number of rotatable bonds is 8. The van der Waals surface area contributed by atoms with Crippen molar-refractivity contribution in [2.75, 3.05) is 13.2 Å². The highest BCUT2D eigenvalue weighted by Crippen LogP contribution is 2.27. The van der Waals surface area contributed by atoms with Crippen LogP contribution in [0.25, 0.3) is 0 Å². The summed E-state index contributed by atoms with van der Waals surface area (Å²) in [5.41, 5.74) is 6.57. The molecule has 0 aromatic heterocycles. The molecule has 1 aliphatic carbocycles. The lowest BCUT2D eigenvalue weighted by molar-refractivity contribution is 0.173. The van der Waals surface area contributed by atoms with Gasteiger partial charge in [-0.15, -0.1) is 0 Å². The summed E-state index contributed by atoms with van der Waals surface area (Å²) < 4.78 is 11.8. The van der Waals surface area contributed by atoms with Gasteiger partial charge in [0.05, 0.1) is 0 Å². The van der Waals surface area contributed by atoms with Crippen molar-refractivity contribution in [3.05, 3.63) is 0 Å². The maximum Gasteiger partial charge on any atom is 0.339 e. The molecule has 1 atom stereocenters. The second-order valence-electron chi connectivity index (χ2n) is 5.09. The Morgan fingerprint density at radius 2 is 1.59 bits per heavy atom. The average molecular weight is 259 g/mol. The molecule has 0 radical (unpaired) electrons. The van der Waals surface area contributed by atoms with Gasteiger partial charge in [-0.2, -0.15) is 0 Å². The van der Waals surface area contributed by atoms with Gasteiger partial charge >= 0.3 is 9.28 Å². The molecule has 1 rings (SSSR count). The Hall–Kier alpha value is 0.0969. The van der Waals surface area contributed by atoms with Crippen molar-refractivity contribution in [2.24, 2.45) is 11.7 Å². The smallest absolute Gasteiger partial charge is 0.339 e. The normalized spacial score (nSPS) is 19.8. The molecule has 0 aromatic rings. The second kappa shape index (κ2) is 9.08. The minimum absolute atomic E-state index is 0.188. The molecule has 1 unspecified atom stereocenters. The SMILES string of the molecule is CCCO[SiH](OCCC)C(N)C1CCCCC1. The second-order valence-corrected chi connectivity index (χ2v) is 7.26. The van der Waals surface area contributed by atoms with Crippen molar-refractivity contribution in [1.82, 2.24) is 0 Å². The lowest BCUT2D eigenvalue weighted by atomic mass is 9.89. The van der Waals surface area contributed by atoms with Crippen molar-refractivity contribution in [3.63, 3.8) is 0 Å². The van der Waals surface area contributed by atoms with E-state index >= 15 is 0 Å². The lowest BCUT2D eigenvalue weighted by Gasteiger charge is -2.31. The first-order valence-electron chi connectivity index (χ1n) is 7.28. The van der Waals surface area contributed by atoms with Gasteiger partial charge in [0.1, 0.15) is 0 Å². The van der Waals surface area contributed by atoms with E-state index in [9.17, 15) is 0 Å². The third-order valence-electron chi connectivity index (χ3n) is 3.48. The van der Waals surface area contributed by atoms with Crippen LogP contribution in [0.15, 0.2) is 0 Å². The average Bonchev–Trinajstić information content (AvgIpc) is 2.39. The molecule has 0 spiro atoms. The monoisotopic (exact) mass is 259 g/mol. The Bertz CT molecular complexity index is 178. The van der Waals surface area contributed by atoms with E-state index in [1.807, 2.05) is 0 Å². The van der Waals surface area contributed by atoms with Crippen LogP contribution in [-0.2, 0) is 8.85 Å². The molecule has 102 valence electrons. The van der Waals surface area contributed by atoms with Crippen molar-refractivity contribution in [3.8, 4) is 0 Å². The van der Waals surface area contributed by atoms with Gasteiger partial charge in [-0.1, -0.05) is 33.1 Å².